The molecule has 0 bridgehead atoms. The Labute approximate surface area is 164 Å². The lowest BCUT2D eigenvalue weighted by Crippen LogP contribution is -2.29. The summed E-state index contributed by atoms with van der Waals surface area (Å²) >= 11 is 0. The summed E-state index contributed by atoms with van der Waals surface area (Å²) in [6.45, 7) is 0.144. The number of hydrogen-bond donors (Lipinski definition) is 0. The Bertz CT molecular complexity index is 932. The Morgan fingerprint density at radius 1 is 0.857 bits per heavy atom. The molecule has 0 spiro atoms. The van der Waals surface area contributed by atoms with Gasteiger partial charge in [0.05, 0.1) is 28.4 Å². The van der Waals surface area contributed by atoms with Gasteiger partial charge in [-0.05, 0) is 24.1 Å². The highest BCUT2D eigenvalue weighted by Crippen LogP contribution is 2.33. The molecule has 2 aromatic carbocycles. The fraction of sp³-hybridized carbons (Fsp3) is 0.368. The van der Waals surface area contributed by atoms with E-state index in [0.29, 0.717) is 17.9 Å². The Morgan fingerprint density at radius 2 is 1.39 bits per heavy atom. The summed E-state index contributed by atoms with van der Waals surface area (Å²) in [7, 11) is 3.10. The van der Waals surface area contributed by atoms with Crippen molar-refractivity contribution in [3.63, 3.8) is 0 Å². The quantitative estimate of drug-likeness (QED) is 0.629. The van der Waals surface area contributed by atoms with Crippen molar-refractivity contribution in [1.29, 1.82) is 0 Å². The molecule has 0 N–H and O–H groups in total. The molecule has 0 radical (unpaired) electrons. The van der Waals surface area contributed by atoms with Crippen LogP contribution < -0.4 is 18.9 Å². The predicted octanol–water partition coefficient (Wildman–Crippen LogP) is 2.72. The molecule has 0 saturated carbocycles. The van der Waals surface area contributed by atoms with E-state index in [1.165, 1.54) is 35.5 Å². The lowest BCUT2D eigenvalue weighted by Gasteiger charge is -2.19. The summed E-state index contributed by atoms with van der Waals surface area (Å²) in [5.74, 6) is 0.481. The molecule has 0 aromatic heterocycles. The van der Waals surface area contributed by atoms with Crippen LogP contribution >= 0.6 is 0 Å². The third kappa shape index (κ3) is 4.48. The van der Waals surface area contributed by atoms with Gasteiger partial charge >= 0.3 is 0 Å². The van der Waals surface area contributed by atoms with Gasteiger partial charge in [-0.25, -0.2) is 17.1 Å². The zero-order valence-electron chi connectivity index (χ0n) is 16.5. The Balaban J connectivity index is 2.23. The first-order valence-corrected chi connectivity index (χ1v) is 9.81. The Kier molecular flexibility index (Phi) is 7.09. The number of sulfonamides is 1. The van der Waals surface area contributed by atoms with Crippen molar-refractivity contribution in [2.24, 2.45) is 0 Å². The van der Waals surface area contributed by atoms with Gasteiger partial charge in [0.1, 0.15) is 10.7 Å². The van der Waals surface area contributed by atoms with Gasteiger partial charge in [-0.15, -0.1) is 0 Å². The minimum atomic E-state index is -4.06. The number of hydrogen-bond acceptors (Lipinski definition) is 6. The van der Waals surface area contributed by atoms with Crippen LogP contribution in [0.3, 0.4) is 0 Å². The molecule has 7 nitrogen and oxygen atoms in total. The lowest BCUT2D eigenvalue weighted by molar-refractivity contribution is 0.349. The molecule has 2 rings (SSSR count). The molecule has 0 heterocycles. The van der Waals surface area contributed by atoms with Gasteiger partial charge in [-0.3, -0.25) is 0 Å². The number of ether oxygens (including phenoxy) is 4. The van der Waals surface area contributed by atoms with E-state index in [-0.39, 0.29) is 18.0 Å². The van der Waals surface area contributed by atoms with E-state index in [2.05, 4.69) is 0 Å². The molecule has 9 heteroatoms. The normalized spacial score (nSPS) is 11.4. The second-order valence-corrected chi connectivity index (χ2v) is 7.92. The minimum absolute atomic E-state index is 0.118. The summed E-state index contributed by atoms with van der Waals surface area (Å²) in [6.07, 6.45) is 0.408. The highest BCUT2D eigenvalue weighted by molar-refractivity contribution is 7.89. The minimum Gasteiger partial charge on any atom is -0.493 e. The predicted molar refractivity (Wildman–Crippen MR) is 103 cm³/mol. The van der Waals surface area contributed by atoms with Crippen LogP contribution in [0.2, 0.25) is 0 Å². The molecule has 0 saturated heterocycles. The first-order chi connectivity index (χ1) is 13.3. The van der Waals surface area contributed by atoms with E-state index in [1.54, 1.807) is 12.1 Å². The van der Waals surface area contributed by atoms with E-state index in [4.69, 9.17) is 18.9 Å². The van der Waals surface area contributed by atoms with E-state index in [1.807, 2.05) is 6.07 Å². The number of halogens is 1. The van der Waals surface area contributed by atoms with Gasteiger partial charge in [0.2, 0.25) is 10.0 Å². The fourth-order valence-electron chi connectivity index (χ4n) is 2.64. The largest absolute Gasteiger partial charge is 0.493 e. The summed E-state index contributed by atoms with van der Waals surface area (Å²) in [4.78, 5) is -0.472. The van der Waals surface area contributed by atoms with E-state index < -0.39 is 20.7 Å². The number of nitrogens with zero attached hydrogens (tertiary/aromatic N) is 1. The van der Waals surface area contributed by atoms with Crippen LogP contribution in [0.25, 0.3) is 0 Å². The summed E-state index contributed by atoms with van der Waals surface area (Å²) in [5, 5.41) is 0. The van der Waals surface area contributed by atoms with Gasteiger partial charge in [-0.2, -0.15) is 0 Å². The van der Waals surface area contributed by atoms with E-state index >= 15 is 0 Å². The lowest BCUT2D eigenvalue weighted by atomic mass is 10.1. The summed E-state index contributed by atoms with van der Waals surface area (Å²) < 4.78 is 61.6. The number of likely N-dealkylation sites (N-methyl/N-ethyl adjacent to an activating group) is 1. The van der Waals surface area contributed by atoms with Crippen molar-refractivity contribution in [2.45, 2.75) is 11.3 Å². The van der Waals surface area contributed by atoms with Crippen molar-refractivity contribution in [2.75, 3.05) is 42.0 Å². The van der Waals surface area contributed by atoms with Crippen LogP contribution in [-0.2, 0) is 16.4 Å². The first kappa shape index (κ1) is 21.8. The standard InChI is InChI=1S/C19H24FNO6S/c1-21(9-8-13-6-7-15(24-2)16(10-13)25-3)28(22,23)19-12-18(27-5)17(26-4)11-14(19)20/h6-7,10-12H,8-9H2,1-5H3. The molecule has 0 aliphatic carbocycles. The SMILES string of the molecule is COc1ccc(CCN(C)S(=O)(=O)c2cc(OC)c(OC)cc2F)cc1OC. The molecule has 0 unspecified atom stereocenters. The second-order valence-electron chi connectivity index (χ2n) is 5.90. The zero-order chi connectivity index (χ0) is 20.9. The second kappa shape index (κ2) is 9.11. The van der Waals surface area contributed by atoms with Crippen LogP contribution in [0.1, 0.15) is 5.56 Å². The molecule has 154 valence electrons. The Morgan fingerprint density at radius 3 is 1.96 bits per heavy atom. The third-order valence-corrected chi connectivity index (χ3v) is 6.16. The third-order valence-electron chi connectivity index (χ3n) is 4.29. The van der Waals surface area contributed by atoms with Crippen molar-refractivity contribution < 1.29 is 31.8 Å². The first-order valence-electron chi connectivity index (χ1n) is 8.37. The molecule has 0 fully saturated rings. The molecular formula is C19H24FNO6S. The van der Waals surface area contributed by atoms with Gasteiger partial charge in [0.15, 0.2) is 23.0 Å². The van der Waals surface area contributed by atoms with Crippen molar-refractivity contribution >= 4 is 10.0 Å². The van der Waals surface area contributed by atoms with Crippen LogP contribution in [0, 0.1) is 5.82 Å². The maximum atomic E-state index is 14.4. The topological polar surface area (TPSA) is 74.3 Å². The molecule has 0 aliphatic heterocycles. The highest BCUT2D eigenvalue weighted by atomic mass is 32.2. The molecule has 0 amide bonds. The van der Waals surface area contributed by atoms with Crippen molar-refractivity contribution in [3.05, 3.63) is 41.7 Å². The van der Waals surface area contributed by atoms with Crippen molar-refractivity contribution in [3.8, 4) is 23.0 Å². The van der Waals surface area contributed by atoms with E-state index in [0.717, 1.165) is 22.0 Å². The van der Waals surface area contributed by atoms with E-state index in [9.17, 15) is 12.8 Å². The summed E-state index contributed by atoms with van der Waals surface area (Å²) in [6, 6.07) is 7.45. The zero-order valence-corrected chi connectivity index (χ0v) is 17.3. The van der Waals surface area contributed by atoms with Crippen LogP contribution in [0.5, 0.6) is 23.0 Å². The maximum absolute atomic E-state index is 14.4. The summed E-state index contributed by atoms with van der Waals surface area (Å²) in [5.41, 5.74) is 0.854. The molecular weight excluding hydrogens is 389 g/mol. The van der Waals surface area contributed by atoms with Crippen molar-refractivity contribution in [1.82, 2.24) is 4.31 Å². The van der Waals surface area contributed by atoms with Gasteiger partial charge < -0.3 is 18.9 Å². The van der Waals surface area contributed by atoms with Gasteiger partial charge in [0, 0.05) is 25.7 Å². The molecule has 0 atom stereocenters. The van der Waals surface area contributed by atoms with Crippen LogP contribution in [-0.4, -0.2) is 54.8 Å². The van der Waals surface area contributed by atoms with Gasteiger partial charge in [-0.1, -0.05) is 6.07 Å². The van der Waals surface area contributed by atoms with Crippen LogP contribution in [0.15, 0.2) is 35.2 Å². The monoisotopic (exact) mass is 413 g/mol. The van der Waals surface area contributed by atoms with Gasteiger partial charge in [0.25, 0.3) is 0 Å². The number of benzene rings is 2. The van der Waals surface area contributed by atoms with Crippen LogP contribution in [0.4, 0.5) is 4.39 Å². The smallest absolute Gasteiger partial charge is 0.245 e. The average Bonchev–Trinajstić information content (AvgIpc) is 2.70. The molecule has 28 heavy (non-hydrogen) atoms. The number of rotatable bonds is 9. The number of methoxy groups -OCH3 is 4. The average molecular weight is 413 g/mol. The molecule has 2 aromatic rings. The molecule has 0 aliphatic rings. The fourth-order valence-corrected chi connectivity index (χ4v) is 3.87. The highest BCUT2D eigenvalue weighted by Gasteiger charge is 2.26. The maximum Gasteiger partial charge on any atom is 0.245 e. The Hall–Kier alpha value is -2.52.